The minimum absolute atomic E-state index is 0.0722. The molecule has 2 atom stereocenters. The molecular weight excluding hydrogens is 352 g/mol. The lowest BCUT2D eigenvalue weighted by Crippen LogP contribution is -2.54. The molecule has 2 aliphatic rings. The maximum Gasteiger partial charge on any atom is 0.265 e. The third-order valence-corrected chi connectivity index (χ3v) is 5.07. The van der Waals surface area contributed by atoms with Crippen LogP contribution in [0, 0.1) is 5.92 Å². The molecule has 26 heavy (non-hydrogen) atoms. The van der Waals surface area contributed by atoms with Crippen LogP contribution >= 0.6 is 12.2 Å². The summed E-state index contributed by atoms with van der Waals surface area (Å²) in [5.41, 5.74) is 5.88. The van der Waals surface area contributed by atoms with Gasteiger partial charge in [0, 0.05) is 6.04 Å². The molecule has 8 heteroatoms. The zero-order chi connectivity index (χ0) is 18.5. The average Bonchev–Trinajstić information content (AvgIpc) is 2.64. The molecule has 0 spiro atoms. The lowest BCUT2D eigenvalue weighted by molar-refractivity contribution is -0.125. The molecule has 0 aromatic heterocycles. The molecule has 140 valence electrons. The van der Waals surface area contributed by atoms with Gasteiger partial charge in [-0.15, -0.1) is 0 Å². The molecule has 0 bridgehead atoms. The van der Waals surface area contributed by atoms with Gasteiger partial charge < -0.3 is 10.1 Å². The lowest BCUT2D eigenvalue weighted by Gasteiger charge is -2.31. The van der Waals surface area contributed by atoms with Crippen molar-refractivity contribution in [1.82, 2.24) is 16.2 Å². The molecule has 1 saturated carbocycles. The van der Waals surface area contributed by atoms with E-state index in [0.717, 1.165) is 6.42 Å². The van der Waals surface area contributed by atoms with Gasteiger partial charge in [-0.05, 0) is 43.1 Å². The zero-order valence-corrected chi connectivity index (χ0v) is 15.6. The number of fused-ring (bicyclic) bond motifs is 1. The van der Waals surface area contributed by atoms with Crippen molar-refractivity contribution in [2.75, 3.05) is 18.1 Å². The van der Waals surface area contributed by atoms with Crippen LogP contribution in [-0.4, -0.2) is 36.1 Å². The Hall–Kier alpha value is -2.35. The number of rotatable bonds is 3. The fourth-order valence-electron chi connectivity index (χ4n) is 3.37. The van der Waals surface area contributed by atoms with Gasteiger partial charge >= 0.3 is 0 Å². The number of hydrogen-bond acceptors (Lipinski definition) is 4. The van der Waals surface area contributed by atoms with E-state index in [1.807, 2.05) is 6.07 Å². The van der Waals surface area contributed by atoms with E-state index in [9.17, 15) is 9.59 Å². The molecule has 1 heterocycles. The van der Waals surface area contributed by atoms with Crippen molar-refractivity contribution in [3.8, 4) is 5.75 Å². The van der Waals surface area contributed by atoms with Crippen LogP contribution in [-0.2, 0) is 9.59 Å². The second-order valence-corrected chi connectivity index (χ2v) is 7.16. The number of nitrogens with one attached hydrogen (secondary N) is 3. The first-order chi connectivity index (χ1) is 12.5. The van der Waals surface area contributed by atoms with Crippen LogP contribution in [0.4, 0.5) is 5.69 Å². The van der Waals surface area contributed by atoms with E-state index in [-0.39, 0.29) is 25.0 Å². The summed E-state index contributed by atoms with van der Waals surface area (Å²) in [4.78, 5) is 25.7. The van der Waals surface area contributed by atoms with E-state index in [4.69, 9.17) is 17.0 Å². The maximum absolute atomic E-state index is 12.2. The zero-order valence-electron chi connectivity index (χ0n) is 14.8. The van der Waals surface area contributed by atoms with E-state index in [2.05, 4.69) is 23.1 Å². The average molecular weight is 376 g/mol. The molecule has 7 nitrogen and oxygen atoms in total. The van der Waals surface area contributed by atoms with Crippen molar-refractivity contribution in [3.05, 3.63) is 24.3 Å². The Labute approximate surface area is 158 Å². The molecule has 1 aromatic carbocycles. The highest BCUT2D eigenvalue weighted by atomic mass is 32.1. The third kappa shape index (κ3) is 4.43. The van der Waals surface area contributed by atoms with Crippen molar-refractivity contribution < 1.29 is 14.3 Å². The first-order valence-electron chi connectivity index (χ1n) is 8.92. The van der Waals surface area contributed by atoms with Crippen molar-refractivity contribution in [1.29, 1.82) is 0 Å². The number of anilines is 1. The molecule has 1 aliphatic heterocycles. The van der Waals surface area contributed by atoms with E-state index >= 15 is 0 Å². The Kier molecular flexibility index (Phi) is 5.92. The predicted molar refractivity (Wildman–Crippen MR) is 103 cm³/mol. The van der Waals surface area contributed by atoms with Crippen LogP contribution in [0.15, 0.2) is 24.3 Å². The summed E-state index contributed by atoms with van der Waals surface area (Å²) >= 11 is 5.26. The molecule has 2 amide bonds. The smallest absolute Gasteiger partial charge is 0.265 e. The SMILES string of the molecule is C[C@@H]1CCCC[C@@H]1NC(=S)NNC(=O)CN1C(=O)COc2ccccc21. The van der Waals surface area contributed by atoms with Crippen LogP contribution in [0.1, 0.15) is 32.6 Å². The summed E-state index contributed by atoms with van der Waals surface area (Å²) in [5.74, 6) is 0.546. The van der Waals surface area contributed by atoms with Gasteiger partial charge in [-0.3, -0.25) is 25.3 Å². The van der Waals surface area contributed by atoms with Gasteiger partial charge in [0.05, 0.1) is 5.69 Å². The summed E-state index contributed by atoms with van der Waals surface area (Å²) in [6, 6.07) is 7.48. The Balaban J connectivity index is 1.50. The van der Waals surface area contributed by atoms with Crippen LogP contribution in [0.2, 0.25) is 0 Å². The van der Waals surface area contributed by atoms with Crippen molar-refractivity contribution in [2.45, 2.75) is 38.6 Å². The number of benzene rings is 1. The van der Waals surface area contributed by atoms with Crippen LogP contribution in [0.5, 0.6) is 5.75 Å². The summed E-state index contributed by atoms with van der Waals surface area (Å²) in [5, 5.41) is 3.65. The van der Waals surface area contributed by atoms with Crippen molar-refractivity contribution >= 4 is 34.8 Å². The lowest BCUT2D eigenvalue weighted by atomic mass is 9.86. The topological polar surface area (TPSA) is 82.7 Å². The highest BCUT2D eigenvalue weighted by molar-refractivity contribution is 7.80. The Morgan fingerprint density at radius 1 is 1.27 bits per heavy atom. The normalized spacial score (nSPS) is 22.0. The molecule has 1 aromatic rings. The van der Waals surface area contributed by atoms with Gasteiger partial charge in [0.1, 0.15) is 12.3 Å². The van der Waals surface area contributed by atoms with Gasteiger partial charge in [-0.1, -0.05) is 31.9 Å². The summed E-state index contributed by atoms with van der Waals surface area (Å²) in [6.07, 6.45) is 4.71. The highest BCUT2D eigenvalue weighted by Crippen LogP contribution is 2.31. The number of carbonyl (C=O) groups excluding carboxylic acids is 2. The standard InChI is InChI=1S/C18H24N4O3S/c1-12-6-2-3-7-13(12)19-18(26)21-20-16(23)10-22-14-8-4-5-9-15(14)25-11-17(22)24/h4-5,8-9,12-13H,2-3,6-7,10-11H2,1H3,(H,20,23)(H2,19,21,26)/t12-,13+/m1/s1. The minimum Gasteiger partial charge on any atom is -0.482 e. The van der Waals surface area contributed by atoms with Gasteiger partial charge in [0.2, 0.25) is 0 Å². The number of thiocarbonyl (C=S) groups is 1. The largest absolute Gasteiger partial charge is 0.482 e. The fraction of sp³-hybridized carbons (Fsp3) is 0.500. The number of amides is 2. The predicted octanol–water partition coefficient (Wildman–Crippen LogP) is 1.49. The second kappa shape index (κ2) is 8.35. The van der Waals surface area contributed by atoms with E-state index < -0.39 is 0 Å². The number of carbonyl (C=O) groups is 2. The van der Waals surface area contributed by atoms with Gasteiger partial charge in [-0.2, -0.15) is 0 Å². The Morgan fingerprint density at radius 2 is 2.04 bits per heavy atom. The molecular formula is C18H24N4O3S. The van der Waals surface area contributed by atoms with E-state index in [0.29, 0.717) is 28.5 Å². The van der Waals surface area contributed by atoms with Crippen LogP contribution in [0.25, 0.3) is 0 Å². The van der Waals surface area contributed by atoms with E-state index in [1.165, 1.54) is 24.2 Å². The van der Waals surface area contributed by atoms with Gasteiger partial charge in [0.15, 0.2) is 11.7 Å². The minimum atomic E-state index is -0.351. The van der Waals surface area contributed by atoms with Gasteiger partial charge in [0.25, 0.3) is 11.8 Å². The van der Waals surface area contributed by atoms with Gasteiger partial charge in [-0.25, -0.2) is 0 Å². The molecule has 3 N–H and O–H groups in total. The number of hydrazine groups is 1. The Bertz CT molecular complexity index is 697. The molecule has 1 aliphatic carbocycles. The highest BCUT2D eigenvalue weighted by Gasteiger charge is 2.27. The monoisotopic (exact) mass is 376 g/mol. The number of para-hydroxylation sites is 2. The summed E-state index contributed by atoms with van der Waals surface area (Å²) < 4.78 is 5.37. The van der Waals surface area contributed by atoms with Crippen molar-refractivity contribution in [3.63, 3.8) is 0 Å². The molecule has 0 unspecified atom stereocenters. The molecule has 1 fully saturated rings. The second-order valence-electron chi connectivity index (χ2n) is 6.75. The first kappa shape index (κ1) is 18.4. The quantitative estimate of drug-likeness (QED) is 0.548. The number of hydrogen-bond donors (Lipinski definition) is 3. The molecule has 0 radical (unpaired) electrons. The summed E-state index contributed by atoms with van der Waals surface area (Å²) in [7, 11) is 0. The first-order valence-corrected chi connectivity index (χ1v) is 9.33. The molecule has 3 rings (SSSR count). The van der Waals surface area contributed by atoms with Crippen LogP contribution in [0.3, 0.4) is 0 Å². The fourth-order valence-corrected chi connectivity index (χ4v) is 3.57. The van der Waals surface area contributed by atoms with Crippen LogP contribution < -0.4 is 25.8 Å². The van der Waals surface area contributed by atoms with E-state index in [1.54, 1.807) is 18.2 Å². The number of nitrogens with zero attached hydrogens (tertiary/aromatic N) is 1. The third-order valence-electron chi connectivity index (χ3n) is 4.85. The van der Waals surface area contributed by atoms with Crippen molar-refractivity contribution in [2.24, 2.45) is 5.92 Å². The number of ether oxygens (including phenoxy) is 1. The Morgan fingerprint density at radius 3 is 2.85 bits per heavy atom. The maximum atomic E-state index is 12.2. The molecule has 0 saturated heterocycles. The summed E-state index contributed by atoms with van der Waals surface area (Å²) in [6.45, 7) is 2.03.